The summed E-state index contributed by atoms with van der Waals surface area (Å²) in [6.45, 7) is 2.76. The lowest BCUT2D eigenvalue weighted by Gasteiger charge is -2.18. The van der Waals surface area contributed by atoms with Crippen LogP contribution in [-0.2, 0) is 18.4 Å². The zero-order chi connectivity index (χ0) is 18.8. The average molecular weight is 359 g/mol. The summed E-state index contributed by atoms with van der Waals surface area (Å²) in [6.07, 6.45) is 2.27. The van der Waals surface area contributed by atoms with Crippen molar-refractivity contribution in [3.8, 4) is 0 Å². The highest BCUT2D eigenvalue weighted by atomic mass is 16.2. The molecule has 1 amide bonds. The lowest BCUT2D eigenvalue weighted by Crippen LogP contribution is -2.41. The molecule has 0 radical (unpaired) electrons. The summed E-state index contributed by atoms with van der Waals surface area (Å²) in [4.78, 5) is 52.2. The molecule has 9 nitrogen and oxygen atoms in total. The van der Waals surface area contributed by atoms with Crippen LogP contribution in [0.5, 0.6) is 0 Å². The van der Waals surface area contributed by atoms with Gasteiger partial charge in [0.25, 0.3) is 11.1 Å². The molecule has 3 rings (SSSR count). The molecular weight excluding hydrogens is 338 g/mol. The summed E-state index contributed by atoms with van der Waals surface area (Å²) >= 11 is 0. The summed E-state index contributed by atoms with van der Waals surface area (Å²) < 4.78 is 2.37. The predicted octanol–water partition coefficient (Wildman–Crippen LogP) is -1.06. The summed E-state index contributed by atoms with van der Waals surface area (Å²) in [5.74, 6) is 0.201. The number of amides is 1. The smallest absolute Gasteiger partial charge is 0.329 e. The third-order valence-electron chi connectivity index (χ3n) is 4.55. The molecule has 138 valence electrons. The van der Waals surface area contributed by atoms with E-state index >= 15 is 0 Å². The molecule has 2 aromatic rings. The zero-order valence-electron chi connectivity index (χ0n) is 14.7. The standard InChI is InChI=1S/C17H21N5O4/c1-11-4-3-6-22(16(11)25)10-14(23)18-12-5-7-21(9-12)13-8-15(24)20(2)17(26)19-13/h3-4,6,8,12H,5,7,9-10H2,1-2H3,(H,18,23)(H,19,26)/t12-/m0/s1. The Kier molecular flexibility index (Phi) is 4.79. The summed E-state index contributed by atoms with van der Waals surface area (Å²) in [5, 5.41) is 2.90. The quantitative estimate of drug-likeness (QED) is 0.723. The van der Waals surface area contributed by atoms with E-state index in [1.807, 2.05) is 4.90 Å². The van der Waals surface area contributed by atoms with Gasteiger partial charge in [0.2, 0.25) is 5.91 Å². The van der Waals surface area contributed by atoms with Crippen molar-refractivity contribution in [2.45, 2.75) is 25.9 Å². The van der Waals surface area contributed by atoms with Crippen LogP contribution >= 0.6 is 0 Å². The number of H-pyrrole nitrogens is 1. The lowest BCUT2D eigenvalue weighted by molar-refractivity contribution is -0.122. The van der Waals surface area contributed by atoms with Crippen molar-refractivity contribution in [1.29, 1.82) is 0 Å². The number of nitrogens with zero attached hydrogens (tertiary/aromatic N) is 3. The lowest BCUT2D eigenvalue weighted by atomic mass is 10.2. The van der Waals surface area contributed by atoms with Crippen LogP contribution in [0.1, 0.15) is 12.0 Å². The van der Waals surface area contributed by atoms with E-state index in [9.17, 15) is 19.2 Å². The van der Waals surface area contributed by atoms with E-state index in [1.165, 1.54) is 17.7 Å². The number of carbonyl (C=O) groups is 1. The van der Waals surface area contributed by atoms with Gasteiger partial charge in [-0.05, 0) is 19.4 Å². The Morgan fingerprint density at radius 1 is 1.35 bits per heavy atom. The summed E-state index contributed by atoms with van der Waals surface area (Å²) in [5.41, 5.74) is -0.454. The summed E-state index contributed by atoms with van der Waals surface area (Å²) in [6, 6.07) is 4.69. The Morgan fingerprint density at radius 2 is 2.12 bits per heavy atom. The number of hydrogen-bond acceptors (Lipinski definition) is 5. The molecule has 1 saturated heterocycles. The van der Waals surface area contributed by atoms with Gasteiger partial charge >= 0.3 is 5.69 Å². The maximum atomic E-state index is 12.2. The molecule has 1 fully saturated rings. The normalized spacial score (nSPS) is 16.7. The largest absolute Gasteiger partial charge is 0.356 e. The summed E-state index contributed by atoms with van der Waals surface area (Å²) in [7, 11) is 1.41. The molecule has 1 aliphatic rings. The number of hydrogen-bond donors (Lipinski definition) is 2. The number of rotatable bonds is 4. The van der Waals surface area contributed by atoms with Crippen molar-refractivity contribution < 1.29 is 4.79 Å². The maximum Gasteiger partial charge on any atom is 0.329 e. The molecule has 1 aliphatic heterocycles. The number of aromatic amines is 1. The number of carbonyl (C=O) groups excluding carboxylic acids is 1. The molecule has 0 unspecified atom stereocenters. The van der Waals surface area contributed by atoms with Crippen molar-refractivity contribution in [1.82, 2.24) is 19.4 Å². The number of pyridine rings is 1. The second-order valence-electron chi connectivity index (χ2n) is 6.48. The number of anilines is 1. The van der Waals surface area contributed by atoms with E-state index < -0.39 is 5.69 Å². The Balaban J connectivity index is 1.63. The number of aryl methyl sites for hydroxylation is 1. The minimum atomic E-state index is -0.473. The van der Waals surface area contributed by atoms with Crippen molar-refractivity contribution >= 4 is 11.7 Å². The first-order chi connectivity index (χ1) is 12.3. The van der Waals surface area contributed by atoms with E-state index in [2.05, 4.69) is 10.3 Å². The van der Waals surface area contributed by atoms with Crippen LogP contribution < -0.4 is 27.0 Å². The molecule has 2 N–H and O–H groups in total. The van der Waals surface area contributed by atoms with Gasteiger partial charge in [0, 0.05) is 44.0 Å². The van der Waals surface area contributed by atoms with Crippen LogP contribution in [0.15, 0.2) is 38.8 Å². The molecular formula is C17H21N5O4. The Bertz CT molecular complexity index is 972. The van der Waals surface area contributed by atoms with Gasteiger partial charge in [-0.25, -0.2) is 4.79 Å². The Labute approximate surface area is 148 Å². The zero-order valence-corrected chi connectivity index (χ0v) is 14.7. The third kappa shape index (κ3) is 3.61. The Morgan fingerprint density at radius 3 is 2.85 bits per heavy atom. The predicted molar refractivity (Wildman–Crippen MR) is 96.5 cm³/mol. The van der Waals surface area contributed by atoms with Gasteiger partial charge in [-0.15, -0.1) is 0 Å². The van der Waals surface area contributed by atoms with Gasteiger partial charge in [0.15, 0.2) is 0 Å². The van der Waals surface area contributed by atoms with Gasteiger partial charge < -0.3 is 14.8 Å². The fourth-order valence-corrected chi connectivity index (χ4v) is 3.02. The molecule has 3 heterocycles. The first-order valence-electron chi connectivity index (χ1n) is 8.36. The van der Waals surface area contributed by atoms with Crippen molar-refractivity contribution in [3.63, 3.8) is 0 Å². The SMILES string of the molecule is Cc1cccn(CC(=O)N[C@H]2CCN(c3cc(=O)n(C)c(=O)[nH]3)C2)c1=O. The maximum absolute atomic E-state index is 12.2. The van der Waals surface area contributed by atoms with Crippen LogP contribution in [-0.4, -0.2) is 39.2 Å². The fourth-order valence-electron chi connectivity index (χ4n) is 3.02. The molecule has 0 spiro atoms. The first kappa shape index (κ1) is 17.7. The average Bonchev–Trinajstić information content (AvgIpc) is 3.04. The van der Waals surface area contributed by atoms with E-state index in [0.29, 0.717) is 30.9 Å². The van der Waals surface area contributed by atoms with E-state index in [-0.39, 0.29) is 29.6 Å². The Hall–Kier alpha value is -3.10. The van der Waals surface area contributed by atoms with Crippen LogP contribution in [0, 0.1) is 6.92 Å². The highest BCUT2D eigenvalue weighted by Crippen LogP contribution is 2.15. The van der Waals surface area contributed by atoms with Crippen molar-refractivity contribution in [2.24, 2.45) is 7.05 Å². The van der Waals surface area contributed by atoms with Gasteiger partial charge in [0.05, 0.1) is 0 Å². The molecule has 0 bridgehead atoms. The number of aromatic nitrogens is 3. The third-order valence-corrected chi connectivity index (χ3v) is 4.55. The van der Waals surface area contributed by atoms with Gasteiger partial charge in [-0.3, -0.25) is 23.9 Å². The van der Waals surface area contributed by atoms with Gasteiger partial charge in [-0.1, -0.05) is 6.07 Å². The molecule has 9 heteroatoms. The van der Waals surface area contributed by atoms with Crippen molar-refractivity contribution in [3.05, 3.63) is 61.2 Å². The molecule has 1 atom stereocenters. The first-order valence-corrected chi connectivity index (χ1v) is 8.36. The number of nitrogens with one attached hydrogen (secondary N) is 2. The topological polar surface area (TPSA) is 109 Å². The van der Waals surface area contributed by atoms with Crippen LogP contribution in [0.2, 0.25) is 0 Å². The monoisotopic (exact) mass is 359 g/mol. The van der Waals surface area contributed by atoms with E-state index in [1.54, 1.807) is 25.3 Å². The second-order valence-corrected chi connectivity index (χ2v) is 6.48. The van der Waals surface area contributed by atoms with Crippen LogP contribution in [0.25, 0.3) is 0 Å². The molecule has 2 aromatic heterocycles. The molecule has 0 aliphatic carbocycles. The molecule has 0 aromatic carbocycles. The minimum absolute atomic E-state index is 0.0419. The van der Waals surface area contributed by atoms with E-state index in [4.69, 9.17) is 0 Å². The van der Waals surface area contributed by atoms with E-state index in [0.717, 1.165) is 4.57 Å². The van der Waals surface area contributed by atoms with Crippen LogP contribution in [0.3, 0.4) is 0 Å². The minimum Gasteiger partial charge on any atom is -0.356 e. The fraction of sp³-hybridized carbons (Fsp3) is 0.412. The van der Waals surface area contributed by atoms with Crippen molar-refractivity contribution in [2.75, 3.05) is 18.0 Å². The molecule has 0 saturated carbocycles. The highest BCUT2D eigenvalue weighted by Gasteiger charge is 2.25. The van der Waals surface area contributed by atoms with Crippen LogP contribution in [0.4, 0.5) is 5.82 Å². The van der Waals surface area contributed by atoms with Gasteiger partial charge in [0.1, 0.15) is 12.4 Å². The highest BCUT2D eigenvalue weighted by molar-refractivity contribution is 5.76. The second kappa shape index (κ2) is 7.03. The molecule has 26 heavy (non-hydrogen) atoms. The van der Waals surface area contributed by atoms with Gasteiger partial charge in [-0.2, -0.15) is 0 Å².